The fourth-order valence-electron chi connectivity index (χ4n) is 2.64. The highest BCUT2D eigenvalue weighted by molar-refractivity contribution is 6.03. The van der Waals surface area contributed by atoms with Crippen molar-refractivity contribution in [3.63, 3.8) is 0 Å². The number of rotatable bonds is 6. The highest BCUT2D eigenvalue weighted by Gasteiger charge is 2.15. The molecule has 2 N–H and O–H groups in total. The number of benzene rings is 1. The Kier molecular flexibility index (Phi) is 5.45. The number of amides is 1. The molecule has 2 aromatic rings. The smallest absolute Gasteiger partial charge is 0.274 e. The van der Waals surface area contributed by atoms with Crippen LogP contribution in [-0.4, -0.2) is 49.2 Å². The summed E-state index contributed by atoms with van der Waals surface area (Å²) in [4.78, 5) is 22.6. The van der Waals surface area contributed by atoms with Crippen molar-refractivity contribution < 1.29 is 9.53 Å². The molecular weight excluding hydrogens is 318 g/mol. The van der Waals surface area contributed by atoms with Gasteiger partial charge in [-0.25, -0.2) is 9.97 Å². The van der Waals surface area contributed by atoms with Crippen LogP contribution in [0.4, 0.5) is 17.2 Å². The number of carbonyl (C=O) groups excluding carboxylic acids is 1. The average Bonchev–Trinajstić information content (AvgIpc) is 3.14. The Labute approximate surface area is 147 Å². The summed E-state index contributed by atoms with van der Waals surface area (Å²) < 4.78 is 5.57. The molecule has 3 rings (SSSR count). The molecular formula is C18H23N5O2. The van der Waals surface area contributed by atoms with Crippen LogP contribution in [0, 0.1) is 0 Å². The average molecular weight is 341 g/mol. The number of hydrogen-bond donors (Lipinski definition) is 2. The quantitative estimate of drug-likeness (QED) is 0.840. The monoisotopic (exact) mass is 341 g/mol. The molecule has 1 unspecified atom stereocenters. The Morgan fingerprint density at radius 3 is 2.76 bits per heavy atom. The lowest BCUT2D eigenvalue weighted by Crippen LogP contribution is -2.20. The van der Waals surface area contributed by atoms with Gasteiger partial charge in [-0.05, 0) is 37.1 Å². The van der Waals surface area contributed by atoms with E-state index in [9.17, 15) is 4.79 Å². The first-order valence-electron chi connectivity index (χ1n) is 8.38. The molecule has 2 heterocycles. The SMILES string of the molecule is CN(C)c1ccc(NC(=O)c2cc(NCC3CCCO3)ncn2)cc1. The summed E-state index contributed by atoms with van der Waals surface area (Å²) in [5.41, 5.74) is 2.12. The van der Waals surface area contributed by atoms with Gasteiger partial charge in [-0.2, -0.15) is 0 Å². The lowest BCUT2D eigenvalue weighted by Gasteiger charge is -2.13. The van der Waals surface area contributed by atoms with E-state index in [1.54, 1.807) is 6.07 Å². The van der Waals surface area contributed by atoms with Crippen LogP contribution >= 0.6 is 0 Å². The van der Waals surface area contributed by atoms with E-state index in [4.69, 9.17) is 4.74 Å². The van der Waals surface area contributed by atoms with E-state index in [-0.39, 0.29) is 12.0 Å². The number of carbonyl (C=O) groups is 1. The Bertz CT molecular complexity index is 712. The van der Waals surface area contributed by atoms with Gasteiger partial charge in [0, 0.05) is 44.7 Å². The molecule has 1 fully saturated rings. The number of nitrogens with zero attached hydrogens (tertiary/aromatic N) is 3. The molecule has 1 aliphatic heterocycles. The molecule has 1 aromatic heterocycles. The maximum Gasteiger partial charge on any atom is 0.274 e. The number of anilines is 3. The van der Waals surface area contributed by atoms with Crippen LogP contribution in [0.25, 0.3) is 0 Å². The largest absolute Gasteiger partial charge is 0.378 e. The van der Waals surface area contributed by atoms with Gasteiger partial charge in [0.15, 0.2) is 0 Å². The molecule has 25 heavy (non-hydrogen) atoms. The zero-order chi connectivity index (χ0) is 17.6. The van der Waals surface area contributed by atoms with E-state index < -0.39 is 0 Å². The normalized spacial score (nSPS) is 16.5. The first-order valence-corrected chi connectivity index (χ1v) is 8.38. The summed E-state index contributed by atoms with van der Waals surface area (Å²) in [6.45, 7) is 1.50. The Balaban J connectivity index is 1.60. The van der Waals surface area contributed by atoms with E-state index in [1.165, 1.54) is 6.33 Å². The third-order valence-corrected chi connectivity index (χ3v) is 4.08. The van der Waals surface area contributed by atoms with Crippen LogP contribution in [0.5, 0.6) is 0 Å². The van der Waals surface area contributed by atoms with Gasteiger partial charge < -0.3 is 20.3 Å². The molecule has 0 radical (unpaired) electrons. The summed E-state index contributed by atoms with van der Waals surface area (Å²) in [7, 11) is 3.94. The summed E-state index contributed by atoms with van der Waals surface area (Å²) in [5, 5.41) is 6.05. The molecule has 1 saturated heterocycles. The van der Waals surface area contributed by atoms with Crippen LogP contribution in [0.3, 0.4) is 0 Å². The van der Waals surface area contributed by atoms with E-state index >= 15 is 0 Å². The summed E-state index contributed by atoms with van der Waals surface area (Å²) in [6, 6.07) is 9.28. The van der Waals surface area contributed by atoms with Crippen LogP contribution in [-0.2, 0) is 4.74 Å². The molecule has 7 heteroatoms. The van der Waals surface area contributed by atoms with Gasteiger partial charge in [0.05, 0.1) is 6.10 Å². The van der Waals surface area contributed by atoms with Crippen molar-refractivity contribution in [2.75, 3.05) is 42.8 Å². The predicted octanol–water partition coefficient (Wildman–Crippen LogP) is 2.39. The predicted molar refractivity (Wildman–Crippen MR) is 98.2 cm³/mol. The minimum Gasteiger partial charge on any atom is -0.378 e. The van der Waals surface area contributed by atoms with E-state index in [2.05, 4.69) is 20.6 Å². The Morgan fingerprint density at radius 2 is 2.08 bits per heavy atom. The van der Waals surface area contributed by atoms with Crippen molar-refractivity contribution in [2.24, 2.45) is 0 Å². The highest BCUT2D eigenvalue weighted by atomic mass is 16.5. The van der Waals surface area contributed by atoms with E-state index in [0.29, 0.717) is 18.1 Å². The summed E-state index contributed by atoms with van der Waals surface area (Å²) in [5.74, 6) is 0.360. The molecule has 0 spiro atoms. The molecule has 0 aliphatic carbocycles. The fourth-order valence-corrected chi connectivity index (χ4v) is 2.64. The van der Waals surface area contributed by atoms with Crippen LogP contribution in [0.1, 0.15) is 23.3 Å². The maximum absolute atomic E-state index is 12.4. The number of ether oxygens (including phenoxy) is 1. The first kappa shape index (κ1) is 17.2. The van der Waals surface area contributed by atoms with Crippen molar-refractivity contribution in [1.29, 1.82) is 0 Å². The lowest BCUT2D eigenvalue weighted by molar-refractivity contribution is 0.102. The second-order valence-electron chi connectivity index (χ2n) is 6.20. The van der Waals surface area contributed by atoms with Crippen LogP contribution < -0.4 is 15.5 Å². The molecule has 0 saturated carbocycles. The number of hydrogen-bond acceptors (Lipinski definition) is 6. The lowest BCUT2D eigenvalue weighted by atomic mass is 10.2. The number of nitrogens with one attached hydrogen (secondary N) is 2. The Morgan fingerprint density at radius 1 is 1.28 bits per heavy atom. The van der Waals surface area contributed by atoms with E-state index in [0.717, 1.165) is 30.8 Å². The van der Waals surface area contributed by atoms with Crippen LogP contribution in [0.2, 0.25) is 0 Å². The zero-order valence-corrected chi connectivity index (χ0v) is 14.5. The van der Waals surface area contributed by atoms with Crippen molar-refractivity contribution in [3.8, 4) is 0 Å². The Hall–Kier alpha value is -2.67. The van der Waals surface area contributed by atoms with Crippen molar-refractivity contribution in [3.05, 3.63) is 42.4 Å². The molecule has 1 amide bonds. The van der Waals surface area contributed by atoms with Gasteiger partial charge in [-0.15, -0.1) is 0 Å². The summed E-state index contributed by atoms with van der Waals surface area (Å²) in [6.07, 6.45) is 3.74. The molecule has 1 aliphatic rings. The summed E-state index contributed by atoms with van der Waals surface area (Å²) >= 11 is 0. The first-order chi connectivity index (χ1) is 12.1. The molecule has 132 valence electrons. The van der Waals surface area contributed by atoms with Crippen molar-refractivity contribution >= 4 is 23.1 Å². The molecule has 0 bridgehead atoms. The third-order valence-electron chi connectivity index (χ3n) is 4.08. The molecule has 7 nitrogen and oxygen atoms in total. The van der Waals surface area contributed by atoms with Gasteiger partial charge in [0.1, 0.15) is 17.8 Å². The fraction of sp³-hybridized carbons (Fsp3) is 0.389. The molecule has 1 atom stereocenters. The van der Waals surface area contributed by atoms with Gasteiger partial charge in [0.2, 0.25) is 0 Å². The van der Waals surface area contributed by atoms with Gasteiger partial charge in [-0.1, -0.05) is 0 Å². The number of aromatic nitrogens is 2. The van der Waals surface area contributed by atoms with Crippen molar-refractivity contribution in [1.82, 2.24) is 9.97 Å². The third kappa shape index (κ3) is 4.67. The van der Waals surface area contributed by atoms with E-state index in [1.807, 2.05) is 43.3 Å². The second-order valence-corrected chi connectivity index (χ2v) is 6.20. The highest BCUT2D eigenvalue weighted by Crippen LogP contribution is 2.17. The zero-order valence-electron chi connectivity index (χ0n) is 14.5. The standard InChI is InChI=1S/C18H23N5O2/c1-23(2)14-7-5-13(6-8-14)22-18(24)16-10-17(21-12-20-16)19-11-15-4-3-9-25-15/h5-8,10,12,15H,3-4,9,11H2,1-2H3,(H,22,24)(H,19,20,21). The van der Waals surface area contributed by atoms with Gasteiger partial charge in [-0.3, -0.25) is 4.79 Å². The minimum atomic E-state index is -0.264. The maximum atomic E-state index is 12.4. The minimum absolute atomic E-state index is 0.211. The molecule has 1 aromatic carbocycles. The topological polar surface area (TPSA) is 79.4 Å². The van der Waals surface area contributed by atoms with Gasteiger partial charge in [0.25, 0.3) is 5.91 Å². The second kappa shape index (κ2) is 7.94. The van der Waals surface area contributed by atoms with Crippen molar-refractivity contribution in [2.45, 2.75) is 18.9 Å². The van der Waals surface area contributed by atoms with Crippen LogP contribution in [0.15, 0.2) is 36.7 Å². The van der Waals surface area contributed by atoms with Gasteiger partial charge >= 0.3 is 0 Å².